The summed E-state index contributed by atoms with van der Waals surface area (Å²) in [7, 11) is 0. The van der Waals surface area contributed by atoms with E-state index < -0.39 is 12.7 Å². The minimum absolute atomic E-state index is 0.181. The smallest absolute Gasteiger partial charge is 0.328 e. The summed E-state index contributed by atoms with van der Waals surface area (Å²) in [5.74, 6) is 0.270. The maximum Gasteiger partial charge on any atom is 0.401 e. The lowest BCUT2D eigenvalue weighted by atomic mass is 10.0. The van der Waals surface area contributed by atoms with Gasteiger partial charge in [0.05, 0.1) is 6.54 Å². The van der Waals surface area contributed by atoms with Crippen molar-refractivity contribution in [2.24, 2.45) is 11.7 Å². The highest BCUT2D eigenvalue weighted by atomic mass is 19.4. The summed E-state index contributed by atoms with van der Waals surface area (Å²) < 4.78 is 35.4. The fourth-order valence-electron chi connectivity index (χ4n) is 1.35. The van der Waals surface area contributed by atoms with Crippen LogP contribution in [0.1, 0.15) is 33.1 Å². The van der Waals surface area contributed by atoms with E-state index in [4.69, 9.17) is 5.73 Å². The molecule has 0 aliphatic heterocycles. The fourth-order valence-corrected chi connectivity index (χ4v) is 1.35. The number of hydrogen-bond donors (Lipinski definition) is 2. The summed E-state index contributed by atoms with van der Waals surface area (Å²) >= 11 is 0. The average Bonchev–Trinajstić information content (AvgIpc) is 2.00. The minimum Gasteiger partial charge on any atom is -0.328 e. The lowest BCUT2D eigenvalue weighted by molar-refractivity contribution is -0.125. The van der Waals surface area contributed by atoms with Gasteiger partial charge >= 0.3 is 6.18 Å². The Labute approximate surface area is 89.4 Å². The van der Waals surface area contributed by atoms with E-state index in [2.05, 4.69) is 5.32 Å². The first-order valence-corrected chi connectivity index (χ1v) is 5.34. The van der Waals surface area contributed by atoms with E-state index >= 15 is 0 Å². The summed E-state index contributed by atoms with van der Waals surface area (Å²) in [6.45, 7) is 3.40. The van der Waals surface area contributed by atoms with Crippen LogP contribution in [0.5, 0.6) is 0 Å². The largest absolute Gasteiger partial charge is 0.401 e. The number of nitrogens with one attached hydrogen (secondary N) is 1. The molecule has 0 aromatic carbocycles. The first-order valence-electron chi connectivity index (χ1n) is 5.34. The molecule has 0 rings (SSSR count). The van der Waals surface area contributed by atoms with Crippen LogP contribution in [0.4, 0.5) is 13.2 Å². The Morgan fingerprint density at radius 3 is 2.27 bits per heavy atom. The topological polar surface area (TPSA) is 38.0 Å². The molecule has 0 saturated carbocycles. The molecule has 2 unspecified atom stereocenters. The van der Waals surface area contributed by atoms with Crippen molar-refractivity contribution in [3.63, 3.8) is 0 Å². The second-order valence-electron chi connectivity index (χ2n) is 4.26. The summed E-state index contributed by atoms with van der Waals surface area (Å²) in [5, 5.41) is 2.41. The van der Waals surface area contributed by atoms with Gasteiger partial charge in [-0.25, -0.2) is 0 Å². The van der Waals surface area contributed by atoms with Crippen molar-refractivity contribution in [3.05, 3.63) is 0 Å². The normalized spacial score (nSPS) is 16.4. The molecule has 92 valence electrons. The highest BCUT2D eigenvalue weighted by Gasteiger charge is 2.26. The molecular weight excluding hydrogens is 205 g/mol. The van der Waals surface area contributed by atoms with E-state index in [0.29, 0.717) is 6.54 Å². The van der Waals surface area contributed by atoms with Crippen molar-refractivity contribution in [1.29, 1.82) is 0 Å². The number of nitrogens with two attached hydrogens (primary N) is 1. The van der Waals surface area contributed by atoms with Gasteiger partial charge in [0.1, 0.15) is 0 Å². The Bertz CT molecular complexity index is 157. The lowest BCUT2D eigenvalue weighted by Gasteiger charge is -2.14. The highest BCUT2D eigenvalue weighted by Crippen LogP contribution is 2.13. The molecule has 2 nitrogen and oxygen atoms in total. The molecule has 0 aliphatic rings. The molecule has 5 heteroatoms. The van der Waals surface area contributed by atoms with Crippen LogP contribution in [0.25, 0.3) is 0 Å². The number of hydrogen-bond acceptors (Lipinski definition) is 2. The molecule has 3 N–H and O–H groups in total. The Hall–Kier alpha value is -0.290. The average molecular weight is 226 g/mol. The van der Waals surface area contributed by atoms with Crippen molar-refractivity contribution in [3.8, 4) is 0 Å². The minimum atomic E-state index is -4.11. The molecule has 0 amide bonds. The van der Waals surface area contributed by atoms with E-state index in [-0.39, 0.29) is 12.0 Å². The van der Waals surface area contributed by atoms with Gasteiger partial charge in [-0.1, -0.05) is 13.3 Å². The van der Waals surface area contributed by atoms with Crippen LogP contribution in [0.15, 0.2) is 0 Å². The van der Waals surface area contributed by atoms with E-state index in [9.17, 15) is 13.2 Å². The van der Waals surface area contributed by atoms with Gasteiger partial charge in [0, 0.05) is 6.04 Å². The molecular formula is C10H21F3N2. The molecule has 0 aliphatic carbocycles. The van der Waals surface area contributed by atoms with Gasteiger partial charge in [0.2, 0.25) is 0 Å². The van der Waals surface area contributed by atoms with E-state index in [1.54, 1.807) is 0 Å². The zero-order valence-corrected chi connectivity index (χ0v) is 9.40. The Balaban J connectivity index is 3.37. The summed E-state index contributed by atoms with van der Waals surface area (Å²) in [5.41, 5.74) is 5.57. The zero-order valence-electron chi connectivity index (χ0n) is 9.40. The predicted molar refractivity (Wildman–Crippen MR) is 55.6 cm³/mol. The first kappa shape index (κ1) is 14.7. The molecule has 0 heterocycles. The second-order valence-corrected chi connectivity index (χ2v) is 4.26. The van der Waals surface area contributed by atoms with Crippen LogP contribution in [0.2, 0.25) is 0 Å². The third-order valence-corrected chi connectivity index (χ3v) is 2.17. The van der Waals surface area contributed by atoms with Crippen LogP contribution in [0.3, 0.4) is 0 Å². The Morgan fingerprint density at radius 2 is 1.80 bits per heavy atom. The summed E-state index contributed by atoms with van der Waals surface area (Å²) in [4.78, 5) is 0. The van der Waals surface area contributed by atoms with Gasteiger partial charge in [-0.2, -0.15) is 13.2 Å². The fraction of sp³-hybridized carbons (Fsp3) is 1.00. The van der Waals surface area contributed by atoms with Crippen molar-refractivity contribution < 1.29 is 13.2 Å². The van der Waals surface area contributed by atoms with E-state index in [1.165, 1.54) is 0 Å². The van der Waals surface area contributed by atoms with Crippen molar-refractivity contribution >= 4 is 0 Å². The SMILES string of the molecule is CC(N)CCCC(C)CNCC(F)(F)F. The molecule has 0 spiro atoms. The maximum absolute atomic E-state index is 11.8. The van der Waals surface area contributed by atoms with Gasteiger partial charge in [-0.05, 0) is 32.2 Å². The molecule has 0 aromatic rings. The van der Waals surface area contributed by atoms with E-state index in [0.717, 1.165) is 19.3 Å². The maximum atomic E-state index is 11.8. The van der Waals surface area contributed by atoms with Crippen LogP contribution in [-0.4, -0.2) is 25.3 Å². The monoisotopic (exact) mass is 226 g/mol. The van der Waals surface area contributed by atoms with Gasteiger partial charge in [0.15, 0.2) is 0 Å². The van der Waals surface area contributed by atoms with Crippen molar-refractivity contribution in [2.45, 2.75) is 45.3 Å². The van der Waals surface area contributed by atoms with Crippen LogP contribution in [0, 0.1) is 5.92 Å². The summed E-state index contributed by atoms with van der Waals surface area (Å²) in [6, 6.07) is 0.181. The second kappa shape index (κ2) is 7.06. The lowest BCUT2D eigenvalue weighted by Crippen LogP contribution is -2.32. The van der Waals surface area contributed by atoms with Crippen LogP contribution >= 0.6 is 0 Å². The molecule has 0 bridgehead atoms. The number of alkyl halides is 3. The quantitative estimate of drug-likeness (QED) is 0.699. The van der Waals surface area contributed by atoms with Crippen LogP contribution in [-0.2, 0) is 0 Å². The van der Waals surface area contributed by atoms with Crippen LogP contribution < -0.4 is 11.1 Å². The van der Waals surface area contributed by atoms with Crippen molar-refractivity contribution in [2.75, 3.05) is 13.1 Å². The third-order valence-electron chi connectivity index (χ3n) is 2.17. The van der Waals surface area contributed by atoms with Gasteiger partial charge in [-0.15, -0.1) is 0 Å². The molecule has 0 saturated heterocycles. The molecule has 0 radical (unpaired) electrons. The van der Waals surface area contributed by atoms with Gasteiger partial charge < -0.3 is 11.1 Å². The molecule has 2 atom stereocenters. The third kappa shape index (κ3) is 11.6. The summed E-state index contributed by atoms with van der Waals surface area (Å²) in [6.07, 6.45) is -1.27. The number of rotatable bonds is 7. The standard InChI is InChI=1S/C10H21F3N2/c1-8(4-3-5-9(2)14)6-15-7-10(11,12)13/h8-9,15H,3-7,14H2,1-2H3. The number of halogens is 3. The van der Waals surface area contributed by atoms with Crippen molar-refractivity contribution in [1.82, 2.24) is 5.32 Å². The Morgan fingerprint density at radius 1 is 1.20 bits per heavy atom. The van der Waals surface area contributed by atoms with Gasteiger partial charge in [-0.3, -0.25) is 0 Å². The van der Waals surface area contributed by atoms with E-state index in [1.807, 2.05) is 13.8 Å². The Kier molecular flexibility index (Phi) is 6.92. The molecule has 0 aromatic heterocycles. The zero-order chi connectivity index (χ0) is 11.9. The highest BCUT2D eigenvalue weighted by molar-refractivity contribution is 4.62. The van der Waals surface area contributed by atoms with Gasteiger partial charge in [0.25, 0.3) is 0 Å². The molecule has 15 heavy (non-hydrogen) atoms. The predicted octanol–water partition coefficient (Wildman–Crippen LogP) is 2.29. The molecule has 0 fully saturated rings. The first-order chi connectivity index (χ1) is 6.81.